The lowest BCUT2D eigenvalue weighted by atomic mass is 10.1. The van der Waals surface area contributed by atoms with Crippen LogP contribution in [0.3, 0.4) is 0 Å². The van der Waals surface area contributed by atoms with E-state index >= 15 is 0 Å². The number of nitrogens with zero attached hydrogens (tertiary/aromatic N) is 3. The second-order valence-electron chi connectivity index (χ2n) is 6.67. The highest BCUT2D eigenvalue weighted by atomic mass is 16.5. The van der Waals surface area contributed by atoms with E-state index in [1.165, 1.54) is 4.57 Å². The number of anilines is 1. The van der Waals surface area contributed by atoms with Gasteiger partial charge in [0.15, 0.2) is 11.5 Å². The van der Waals surface area contributed by atoms with Gasteiger partial charge in [0, 0.05) is 12.1 Å². The van der Waals surface area contributed by atoms with Crippen LogP contribution in [0, 0.1) is 0 Å². The summed E-state index contributed by atoms with van der Waals surface area (Å²) >= 11 is 0. The number of aromatic nitrogens is 4. The van der Waals surface area contributed by atoms with Crippen molar-refractivity contribution in [2.75, 3.05) is 19.5 Å². The van der Waals surface area contributed by atoms with Crippen molar-refractivity contribution in [3.63, 3.8) is 0 Å². The first-order valence-corrected chi connectivity index (χ1v) is 9.40. The van der Waals surface area contributed by atoms with Crippen LogP contribution in [-0.4, -0.2) is 44.4 Å². The van der Waals surface area contributed by atoms with Crippen molar-refractivity contribution in [1.82, 2.24) is 19.5 Å². The highest BCUT2D eigenvalue weighted by molar-refractivity contribution is 5.82. The fourth-order valence-corrected chi connectivity index (χ4v) is 3.11. The molecule has 0 bridgehead atoms. The number of rotatable bonds is 9. The molecule has 156 valence electrons. The highest BCUT2D eigenvalue weighted by Gasteiger charge is 2.18. The number of aromatic amines is 1. The number of nitrogens with two attached hydrogens (primary N) is 2. The van der Waals surface area contributed by atoms with Crippen molar-refractivity contribution in [1.29, 1.82) is 0 Å². The fraction of sp³-hybridized carbons (Fsp3) is 0.421. The van der Waals surface area contributed by atoms with Gasteiger partial charge in [0.2, 0.25) is 0 Å². The summed E-state index contributed by atoms with van der Waals surface area (Å²) in [5.41, 5.74) is 13.7. The lowest BCUT2D eigenvalue weighted by Gasteiger charge is -2.15. The summed E-state index contributed by atoms with van der Waals surface area (Å²) < 4.78 is 12.5. The first-order chi connectivity index (χ1) is 14.0. The van der Waals surface area contributed by atoms with Gasteiger partial charge in [-0.15, -0.1) is 0 Å². The third-order valence-electron chi connectivity index (χ3n) is 4.63. The van der Waals surface area contributed by atoms with E-state index in [1.54, 1.807) is 7.11 Å². The smallest absolute Gasteiger partial charge is 0.328 e. The first kappa shape index (κ1) is 20.6. The molecule has 1 atom stereocenters. The minimum atomic E-state index is -0.445. The van der Waals surface area contributed by atoms with Crippen molar-refractivity contribution in [2.45, 2.75) is 39.0 Å². The summed E-state index contributed by atoms with van der Waals surface area (Å²) in [5.74, 6) is 0.718. The number of benzene rings is 1. The molecule has 0 aliphatic rings. The zero-order valence-electron chi connectivity index (χ0n) is 16.5. The van der Waals surface area contributed by atoms with Gasteiger partial charge in [-0.2, -0.15) is 9.97 Å². The number of nitrogen functional groups attached to an aromatic ring is 1. The second kappa shape index (κ2) is 8.93. The van der Waals surface area contributed by atoms with Gasteiger partial charge in [-0.3, -0.25) is 4.57 Å². The van der Waals surface area contributed by atoms with E-state index in [2.05, 4.69) is 15.0 Å². The first-order valence-electron chi connectivity index (χ1n) is 9.40. The van der Waals surface area contributed by atoms with E-state index in [9.17, 15) is 9.90 Å². The van der Waals surface area contributed by atoms with Crippen LogP contribution in [0.4, 0.5) is 5.82 Å². The number of methoxy groups -OCH3 is 1. The Morgan fingerprint density at radius 1 is 1.34 bits per heavy atom. The predicted molar refractivity (Wildman–Crippen MR) is 109 cm³/mol. The van der Waals surface area contributed by atoms with Crippen molar-refractivity contribution in [3.8, 4) is 11.8 Å². The second-order valence-corrected chi connectivity index (χ2v) is 6.67. The average Bonchev–Trinajstić information content (AvgIpc) is 3.04. The van der Waals surface area contributed by atoms with Gasteiger partial charge in [0.1, 0.15) is 17.4 Å². The number of imidazole rings is 1. The molecule has 0 radical (unpaired) electrons. The third kappa shape index (κ3) is 4.33. The molecule has 3 rings (SSSR count). The van der Waals surface area contributed by atoms with Crippen LogP contribution >= 0.6 is 0 Å². The minimum Gasteiger partial charge on any atom is -0.496 e. The zero-order valence-corrected chi connectivity index (χ0v) is 16.5. The van der Waals surface area contributed by atoms with Crippen LogP contribution in [0.1, 0.15) is 30.9 Å². The highest BCUT2D eigenvalue weighted by Crippen LogP contribution is 2.24. The van der Waals surface area contributed by atoms with Gasteiger partial charge in [-0.05, 0) is 18.1 Å². The van der Waals surface area contributed by atoms with Crippen LogP contribution in [0.15, 0.2) is 23.0 Å². The topological polar surface area (TPSA) is 154 Å². The Bertz CT molecular complexity index is 1050. The van der Waals surface area contributed by atoms with Gasteiger partial charge < -0.3 is 31.0 Å². The van der Waals surface area contributed by atoms with E-state index < -0.39 is 6.10 Å². The molecule has 0 saturated carbocycles. The fourth-order valence-electron chi connectivity index (χ4n) is 3.11. The lowest BCUT2D eigenvalue weighted by molar-refractivity contribution is 0.0993. The van der Waals surface area contributed by atoms with Gasteiger partial charge >= 0.3 is 11.7 Å². The number of ether oxygens (including phenoxy) is 2. The van der Waals surface area contributed by atoms with Crippen LogP contribution < -0.4 is 26.6 Å². The molecule has 2 heterocycles. The van der Waals surface area contributed by atoms with E-state index in [0.717, 1.165) is 17.5 Å². The summed E-state index contributed by atoms with van der Waals surface area (Å²) in [4.78, 5) is 23.7. The summed E-state index contributed by atoms with van der Waals surface area (Å²) in [6.07, 6.45) is 1.03. The number of hydrogen-bond acceptors (Lipinski definition) is 8. The number of nitrogens with one attached hydrogen (secondary N) is 1. The summed E-state index contributed by atoms with van der Waals surface area (Å²) in [6.45, 7) is 2.41. The molecule has 0 amide bonds. The molecule has 10 nitrogen and oxygen atoms in total. The quantitative estimate of drug-likeness (QED) is 0.409. The van der Waals surface area contributed by atoms with E-state index in [0.29, 0.717) is 29.9 Å². The Kier molecular flexibility index (Phi) is 6.35. The molecular weight excluding hydrogens is 376 g/mol. The molecule has 0 spiro atoms. The van der Waals surface area contributed by atoms with Crippen LogP contribution in [-0.2, 0) is 13.1 Å². The Hall–Kier alpha value is -3.11. The third-order valence-corrected chi connectivity index (χ3v) is 4.63. The molecule has 10 heteroatoms. The molecule has 0 saturated heterocycles. The standard InChI is InChI=1S/C19H26N6O4/c1-3-4-13(10-26)29-18-23-16(21)15-17(24-18)25(19(27)22-15)9-12-6-5-11(8-20)7-14(12)28-2/h5-7,13,26H,3-4,8-10,20H2,1-2H3,(H,22,27)(H2,21,23,24). The minimum absolute atomic E-state index is 0.0145. The number of aliphatic hydroxyl groups is 1. The average molecular weight is 402 g/mol. The predicted octanol–water partition coefficient (Wildman–Crippen LogP) is 0.757. The molecule has 1 unspecified atom stereocenters. The number of fused-ring (bicyclic) bond motifs is 1. The molecule has 0 fully saturated rings. The van der Waals surface area contributed by atoms with Gasteiger partial charge in [-0.25, -0.2) is 4.79 Å². The number of aliphatic hydroxyl groups excluding tert-OH is 1. The molecule has 0 aliphatic heterocycles. The molecule has 3 aromatic rings. The molecule has 1 aromatic carbocycles. The van der Waals surface area contributed by atoms with E-state index in [-0.39, 0.29) is 30.7 Å². The van der Waals surface area contributed by atoms with Gasteiger partial charge in [0.05, 0.1) is 20.3 Å². The van der Waals surface area contributed by atoms with Gasteiger partial charge in [-0.1, -0.05) is 25.5 Å². The maximum absolute atomic E-state index is 12.6. The molecule has 29 heavy (non-hydrogen) atoms. The van der Waals surface area contributed by atoms with Crippen molar-refractivity contribution in [2.24, 2.45) is 5.73 Å². The van der Waals surface area contributed by atoms with Gasteiger partial charge in [0.25, 0.3) is 0 Å². The van der Waals surface area contributed by atoms with E-state index in [1.807, 2.05) is 25.1 Å². The van der Waals surface area contributed by atoms with Crippen molar-refractivity contribution < 1.29 is 14.6 Å². The Morgan fingerprint density at radius 3 is 2.79 bits per heavy atom. The summed E-state index contributed by atoms with van der Waals surface area (Å²) in [7, 11) is 1.56. The largest absolute Gasteiger partial charge is 0.496 e. The lowest BCUT2D eigenvalue weighted by Crippen LogP contribution is -2.22. The maximum atomic E-state index is 12.6. The summed E-state index contributed by atoms with van der Waals surface area (Å²) in [5, 5.41) is 9.46. The molecule has 2 aromatic heterocycles. The molecule has 0 aliphatic carbocycles. The Balaban J connectivity index is 2.02. The molecule has 6 N–H and O–H groups in total. The van der Waals surface area contributed by atoms with Crippen LogP contribution in [0.2, 0.25) is 0 Å². The van der Waals surface area contributed by atoms with Crippen molar-refractivity contribution >= 4 is 17.0 Å². The Morgan fingerprint density at radius 2 is 2.14 bits per heavy atom. The number of H-pyrrole nitrogens is 1. The van der Waals surface area contributed by atoms with Crippen molar-refractivity contribution in [3.05, 3.63) is 39.8 Å². The van der Waals surface area contributed by atoms with E-state index in [4.69, 9.17) is 20.9 Å². The Labute approximate surface area is 167 Å². The maximum Gasteiger partial charge on any atom is 0.328 e. The van der Waals surface area contributed by atoms with Crippen LogP contribution in [0.5, 0.6) is 11.8 Å². The summed E-state index contributed by atoms with van der Waals surface area (Å²) in [6, 6.07) is 5.59. The number of hydrogen-bond donors (Lipinski definition) is 4. The molecular formula is C19H26N6O4. The monoisotopic (exact) mass is 402 g/mol. The SMILES string of the molecule is CCCC(CO)Oc1nc(N)c2[nH]c(=O)n(Cc3ccc(CN)cc3OC)c2n1. The zero-order chi connectivity index (χ0) is 21.0. The van der Waals surface area contributed by atoms with Crippen LogP contribution in [0.25, 0.3) is 11.2 Å². The normalized spacial score (nSPS) is 12.3.